The van der Waals surface area contributed by atoms with Gasteiger partial charge in [0.15, 0.2) is 0 Å². The third kappa shape index (κ3) is 6.09. The van der Waals surface area contributed by atoms with Gasteiger partial charge in [-0.15, -0.1) is 0 Å². The van der Waals surface area contributed by atoms with Gasteiger partial charge in [-0.2, -0.15) is 0 Å². The molecule has 0 saturated carbocycles. The standard InChI is InChI=1S/C23H36ClN3O2/c1-17-15-27(20-10-12-26(13-11-20)22(28)29-23(2,3)4)21(16-25(17)5)14-18-6-8-19(24)9-7-18/h6-9,17,20-21H,10-16H2,1-5H3/t17-,21?/m0/s1. The van der Waals surface area contributed by atoms with E-state index < -0.39 is 5.60 Å². The Bertz CT molecular complexity index is 680. The second-order valence-corrected chi connectivity index (χ2v) is 10.1. The Hall–Kier alpha value is -1.30. The highest BCUT2D eigenvalue weighted by molar-refractivity contribution is 6.30. The number of benzene rings is 1. The van der Waals surface area contributed by atoms with Gasteiger partial charge >= 0.3 is 6.09 Å². The predicted molar refractivity (Wildman–Crippen MR) is 119 cm³/mol. The monoisotopic (exact) mass is 421 g/mol. The molecule has 2 aliphatic rings. The first kappa shape index (κ1) is 22.4. The summed E-state index contributed by atoms with van der Waals surface area (Å²) in [5.41, 5.74) is 0.892. The van der Waals surface area contributed by atoms with E-state index in [2.05, 4.69) is 35.9 Å². The van der Waals surface area contributed by atoms with E-state index in [1.807, 2.05) is 37.8 Å². The van der Waals surface area contributed by atoms with Crippen molar-refractivity contribution >= 4 is 17.7 Å². The van der Waals surface area contributed by atoms with Crippen LogP contribution in [-0.2, 0) is 11.2 Å². The van der Waals surface area contributed by atoms with Gasteiger partial charge in [-0.05, 0) is 71.7 Å². The lowest BCUT2D eigenvalue weighted by Crippen LogP contribution is -2.61. The Morgan fingerprint density at radius 2 is 1.76 bits per heavy atom. The number of rotatable bonds is 3. The number of ether oxygens (including phenoxy) is 1. The highest BCUT2D eigenvalue weighted by Gasteiger charge is 2.36. The van der Waals surface area contributed by atoms with Crippen LogP contribution in [0.3, 0.4) is 0 Å². The van der Waals surface area contributed by atoms with Crippen molar-refractivity contribution in [2.75, 3.05) is 33.2 Å². The number of hydrogen-bond donors (Lipinski definition) is 0. The third-order valence-corrected chi connectivity index (χ3v) is 6.42. The average molecular weight is 422 g/mol. The summed E-state index contributed by atoms with van der Waals surface area (Å²) >= 11 is 6.07. The van der Waals surface area contributed by atoms with Crippen LogP contribution < -0.4 is 0 Å². The van der Waals surface area contributed by atoms with Crippen molar-refractivity contribution in [3.8, 4) is 0 Å². The number of hydrogen-bond acceptors (Lipinski definition) is 4. The van der Waals surface area contributed by atoms with Crippen LogP contribution in [0.2, 0.25) is 5.02 Å². The van der Waals surface area contributed by atoms with Gasteiger partial charge in [-0.1, -0.05) is 23.7 Å². The zero-order chi connectivity index (χ0) is 21.2. The quantitative estimate of drug-likeness (QED) is 0.729. The first-order valence-electron chi connectivity index (χ1n) is 10.8. The van der Waals surface area contributed by atoms with E-state index in [4.69, 9.17) is 16.3 Å². The molecule has 1 unspecified atom stereocenters. The summed E-state index contributed by atoms with van der Waals surface area (Å²) in [6, 6.07) is 9.79. The van der Waals surface area contributed by atoms with Crippen molar-refractivity contribution in [2.24, 2.45) is 0 Å². The molecule has 0 spiro atoms. The van der Waals surface area contributed by atoms with E-state index in [-0.39, 0.29) is 6.09 Å². The van der Waals surface area contributed by atoms with Crippen LogP contribution in [0.15, 0.2) is 24.3 Å². The van der Waals surface area contributed by atoms with Gasteiger partial charge in [-0.25, -0.2) is 4.79 Å². The summed E-state index contributed by atoms with van der Waals surface area (Å²) in [4.78, 5) is 19.4. The molecule has 6 heteroatoms. The molecule has 1 amide bonds. The minimum atomic E-state index is -0.440. The van der Waals surface area contributed by atoms with E-state index in [1.165, 1.54) is 5.56 Å². The van der Waals surface area contributed by atoms with E-state index in [0.29, 0.717) is 18.1 Å². The number of carbonyl (C=O) groups excluding carboxylic acids is 1. The molecule has 0 bridgehead atoms. The van der Waals surface area contributed by atoms with Crippen LogP contribution in [0.1, 0.15) is 46.1 Å². The van der Waals surface area contributed by atoms with Gasteiger partial charge in [0.1, 0.15) is 5.60 Å². The maximum absolute atomic E-state index is 12.4. The lowest BCUT2D eigenvalue weighted by atomic mass is 9.94. The molecule has 5 nitrogen and oxygen atoms in total. The molecule has 1 aromatic rings. The van der Waals surface area contributed by atoms with Crippen molar-refractivity contribution < 1.29 is 9.53 Å². The molecular weight excluding hydrogens is 386 g/mol. The van der Waals surface area contributed by atoms with Crippen LogP contribution in [0, 0.1) is 0 Å². The van der Waals surface area contributed by atoms with E-state index in [1.54, 1.807) is 0 Å². The highest BCUT2D eigenvalue weighted by Crippen LogP contribution is 2.26. The van der Waals surface area contributed by atoms with Crippen LogP contribution >= 0.6 is 11.6 Å². The summed E-state index contributed by atoms with van der Waals surface area (Å²) in [7, 11) is 2.22. The fraction of sp³-hybridized carbons (Fsp3) is 0.696. The smallest absolute Gasteiger partial charge is 0.410 e. The number of likely N-dealkylation sites (N-methyl/N-ethyl adjacent to an activating group) is 1. The SMILES string of the molecule is C[C@H]1CN(C2CCN(C(=O)OC(C)(C)C)CC2)C(Cc2ccc(Cl)cc2)CN1C. The Morgan fingerprint density at radius 1 is 1.14 bits per heavy atom. The van der Waals surface area contributed by atoms with Gasteiger partial charge in [0.2, 0.25) is 0 Å². The second kappa shape index (κ2) is 9.23. The number of nitrogens with zero attached hydrogens (tertiary/aromatic N) is 3. The number of halogens is 1. The van der Waals surface area contributed by atoms with Crippen LogP contribution in [0.4, 0.5) is 4.79 Å². The summed E-state index contributed by atoms with van der Waals surface area (Å²) in [6.07, 6.45) is 2.86. The molecule has 2 fully saturated rings. The summed E-state index contributed by atoms with van der Waals surface area (Å²) in [5.74, 6) is 0. The molecular formula is C23H36ClN3O2. The third-order valence-electron chi connectivity index (χ3n) is 6.17. The highest BCUT2D eigenvalue weighted by atomic mass is 35.5. The molecule has 3 rings (SSSR count). The summed E-state index contributed by atoms with van der Waals surface area (Å²) < 4.78 is 5.55. The van der Waals surface area contributed by atoms with E-state index in [9.17, 15) is 4.79 Å². The minimum Gasteiger partial charge on any atom is -0.444 e. The molecule has 0 aromatic heterocycles. The Balaban J connectivity index is 1.63. The van der Waals surface area contributed by atoms with Gasteiger partial charge in [0, 0.05) is 49.3 Å². The van der Waals surface area contributed by atoms with Crippen molar-refractivity contribution in [3.63, 3.8) is 0 Å². The van der Waals surface area contributed by atoms with Gasteiger partial charge in [0.25, 0.3) is 0 Å². The van der Waals surface area contributed by atoms with Crippen LogP contribution in [0.5, 0.6) is 0 Å². The fourth-order valence-corrected chi connectivity index (χ4v) is 4.56. The van der Waals surface area contributed by atoms with Gasteiger partial charge < -0.3 is 14.5 Å². The lowest BCUT2D eigenvalue weighted by molar-refractivity contribution is -0.0118. The molecule has 162 valence electrons. The maximum Gasteiger partial charge on any atom is 0.410 e. The molecule has 1 aromatic carbocycles. The number of carbonyl (C=O) groups is 1. The van der Waals surface area contributed by atoms with Crippen molar-refractivity contribution in [1.82, 2.24) is 14.7 Å². The summed E-state index contributed by atoms with van der Waals surface area (Å²) in [6.45, 7) is 11.8. The van der Waals surface area contributed by atoms with Crippen LogP contribution in [-0.4, -0.2) is 77.7 Å². The Kier molecular flexibility index (Phi) is 7.13. The van der Waals surface area contributed by atoms with Gasteiger partial charge in [-0.3, -0.25) is 4.90 Å². The molecule has 29 heavy (non-hydrogen) atoms. The Labute approximate surface area is 180 Å². The first-order chi connectivity index (χ1) is 13.6. The largest absolute Gasteiger partial charge is 0.444 e. The fourth-order valence-electron chi connectivity index (χ4n) is 4.44. The first-order valence-corrected chi connectivity index (χ1v) is 11.2. The van der Waals surface area contributed by atoms with Crippen LogP contribution in [0.25, 0.3) is 0 Å². The molecule has 2 aliphatic heterocycles. The second-order valence-electron chi connectivity index (χ2n) is 9.67. The van der Waals surface area contributed by atoms with E-state index in [0.717, 1.165) is 50.5 Å². The maximum atomic E-state index is 12.4. The van der Waals surface area contributed by atoms with Gasteiger partial charge in [0.05, 0.1) is 0 Å². The minimum absolute atomic E-state index is 0.180. The normalized spacial score (nSPS) is 25.2. The zero-order valence-corrected chi connectivity index (χ0v) is 19.3. The van der Waals surface area contributed by atoms with Crippen molar-refractivity contribution in [3.05, 3.63) is 34.9 Å². The van der Waals surface area contributed by atoms with Crippen molar-refractivity contribution in [2.45, 2.75) is 70.7 Å². The topological polar surface area (TPSA) is 36.0 Å². The number of piperidine rings is 1. The molecule has 0 N–H and O–H groups in total. The number of piperazine rings is 1. The molecule has 0 radical (unpaired) electrons. The molecule has 2 atom stereocenters. The van der Waals surface area contributed by atoms with Crippen molar-refractivity contribution in [1.29, 1.82) is 0 Å². The number of amides is 1. The van der Waals surface area contributed by atoms with E-state index >= 15 is 0 Å². The molecule has 2 saturated heterocycles. The lowest BCUT2D eigenvalue weighted by Gasteiger charge is -2.49. The molecule has 0 aliphatic carbocycles. The predicted octanol–water partition coefficient (Wildman–Crippen LogP) is 4.29. The Morgan fingerprint density at radius 3 is 2.34 bits per heavy atom. The number of likely N-dealkylation sites (tertiary alicyclic amines) is 1. The average Bonchev–Trinajstić information content (AvgIpc) is 2.65. The summed E-state index contributed by atoms with van der Waals surface area (Å²) in [5, 5.41) is 0.787. The zero-order valence-electron chi connectivity index (χ0n) is 18.5. The molecule has 2 heterocycles.